The maximum absolute atomic E-state index is 13.2. The lowest BCUT2D eigenvalue weighted by Gasteiger charge is -2.35. The third-order valence-electron chi connectivity index (χ3n) is 6.20. The number of aryl methyl sites for hydroxylation is 2. The van der Waals surface area contributed by atoms with Crippen molar-refractivity contribution in [2.75, 3.05) is 13.2 Å². The van der Waals surface area contributed by atoms with Crippen LogP contribution in [0.25, 0.3) is 22.2 Å². The second kappa shape index (κ2) is 10.4. The number of halogens is 3. The van der Waals surface area contributed by atoms with Crippen LogP contribution in [0.3, 0.4) is 0 Å². The van der Waals surface area contributed by atoms with E-state index in [9.17, 15) is 18.0 Å². The Balaban J connectivity index is 0.00000361. The number of amides is 1. The van der Waals surface area contributed by atoms with Gasteiger partial charge in [-0.1, -0.05) is 25.0 Å². The Bertz CT molecular complexity index is 1280. The molecule has 5 nitrogen and oxygen atoms in total. The van der Waals surface area contributed by atoms with Crippen molar-refractivity contribution >= 4 is 16.9 Å². The van der Waals surface area contributed by atoms with Crippen LogP contribution >= 0.6 is 0 Å². The minimum Gasteiger partial charge on any atom is -0.492 e. The molecule has 1 aliphatic heterocycles. The molecule has 0 bridgehead atoms. The van der Waals surface area contributed by atoms with Gasteiger partial charge in [-0.15, -0.1) is 0 Å². The van der Waals surface area contributed by atoms with Gasteiger partial charge in [0.2, 0.25) is 0 Å². The van der Waals surface area contributed by atoms with Crippen molar-refractivity contribution in [2.45, 2.75) is 58.2 Å². The molecule has 4 rings (SSSR count). The highest BCUT2D eigenvalue weighted by Gasteiger charge is 2.45. The predicted octanol–water partition coefficient (Wildman–Crippen LogP) is 6.06. The summed E-state index contributed by atoms with van der Waals surface area (Å²) in [6, 6.07) is 10.4. The number of rotatable bonds is 5. The third-order valence-corrected chi connectivity index (χ3v) is 6.20. The van der Waals surface area contributed by atoms with Crippen LogP contribution in [0.1, 0.15) is 45.4 Å². The van der Waals surface area contributed by atoms with Crippen molar-refractivity contribution in [3.05, 3.63) is 47.8 Å². The highest BCUT2D eigenvalue weighted by atomic mass is 19.4. The quantitative estimate of drug-likeness (QED) is 0.353. The zero-order chi connectivity index (χ0) is 25.0. The van der Waals surface area contributed by atoms with Crippen molar-refractivity contribution < 1.29 is 24.1 Å². The number of piperidine rings is 1. The Morgan fingerprint density at radius 1 is 1.23 bits per heavy atom. The molecule has 0 spiro atoms. The number of alkyl halides is 3. The lowest BCUT2D eigenvalue weighted by atomic mass is 10.0. The first-order chi connectivity index (χ1) is 16.8. The highest BCUT2D eigenvalue weighted by molar-refractivity contribution is 5.93. The number of benzene rings is 2. The summed E-state index contributed by atoms with van der Waals surface area (Å²) in [7, 11) is 0. The zero-order valence-electron chi connectivity index (χ0n) is 19.8. The van der Waals surface area contributed by atoms with Crippen LogP contribution in [-0.4, -0.2) is 46.1 Å². The number of imidazole rings is 1. The van der Waals surface area contributed by atoms with Crippen LogP contribution in [0, 0.1) is 18.8 Å². The third kappa shape index (κ3) is 5.79. The van der Waals surface area contributed by atoms with E-state index < -0.39 is 18.1 Å². The Kier molecular flexibility index (Phi) is 7.34. The molecule has 1 N–H and O–H groups in total. The number of likely N-dealkylation sites (tertiary alicyclic amines) is 1. The fourth-order valence-electron chi connectivity index (χ4n) is 4.43. The largest absolute Gasteiger partial charge is 0.492 e. The maximum Gasteiger partial charge on any atom is 0.408 e. The van der Waals surface area contributed by atoms with Crippen LogP contribution in [0.15, 0.2) is 36.4 Å². The normalized spacial score (nSPS) is 16.1. The van der Waals surface area contributed by atoms with E-state index in [1.807, 2.05) is 38.1 Å². The van der Waals surface area contributed by atoms with E-state index in [1.165, 1.54) is 0 Å². The Labute approximate surface area is 204 Å². The van der Waals surface area contributed by atoms with Gasteiger partial charge < -0.3 is 14.6 Å². The van der Waals surface area contributed by atoms with E-state index in [-0.39, 0.29) is 27.4 Å². The molecule has 1 unspecified atom stereocenters. The second-order valence-corrected chi connectivity index (χ2v) is 8.68. The monoisotopic (exact) mass is 485 g/mol. The molecule has 186 valence electrons. The predicted molar refractivity (Wildman–Crippen MR) is 131 cm³/mol. The molecule has 2 heterocycles. The molecule has 35 heavy (non-hydrogen) atoms. The molecule has 0 radical (unpaired) electrons. The van der Waals surface area contributed by atoms with Crippen LogP contribution in [-0.2, 0) is 11.2 Å². The smallest absolute Gasteiger partial charge is 0.408 e. The van der Waals surface area contributed by atoms with E-state index in [0.29, 0.717) is 12.8 Å². The van der Waals surface area contributed by atoms with Gasteiger partial charge in [0.15, 0.2) is 0 Å². The first-order valence-electron chi connectivity index (χ1n) is 11.8. The Morgan fingerprint density at radius 3 is 2.77 bits per heavy atom. The van der Waals surface area contributed by atoms with E-state index in [1.54, 1.807) is 0 Å². The molecule has 2 aromatic carbocycles. The molecular weight excluding hydrogens is 455 g/mol. The van der Waals surface area contributed by atoms with Gasteiger partial charge in [0.25, 0.3) is 5.91 Å². The molecule has 1 aliphatic rings. The number of H-pyrrole nitrogens is 1. The number of carbonyl (C=O) groups excluding carboxylic acids is 1. The molecule has 1 aromatic heterocycles. The van der Waals surface area contributed by atoms with Gasteiger partial charge in [-0.2, -0.15) is 13.2 Å². The fraction of sp³-hybridized carbons (Fsp3) is 0.407. The topological polar surface area (TPSA) is 58.2 Å². The summed E-state index contributed by atoms with van der Waals surface area (Å²) in [5.41, 5.74) is 5.08. The van der Waals surface area contributed by atoms with Crippen LogP contribution < -0.4 is 4.74 Å². The average Bonchev–Trinajstić information content (AvgIpc) is 3.22. The van der Waals surface area contributed by atoms with Crippen LogP contribution in [0.2, 0.25) is 0 Å². The molecule has 1 fully saturated rings. The minimum absolute atomic E-state index is 0. The van der Waals surface area contributed by atoms with Gasteiger partial charge in [-0.3, -0.25) is 4.79 Å². The first-order valence-corrected chi connectivity index (χ1v) is 11.8. The number of aromatic amines is 1. The number of aromatic nitrogens is 2. The average molecular weight is 486 g/mol. The summed E-state index contributed by atoms with van der Waals surface area (Å²) in [6.45, 7) is 4.30. The second-order valence-electron chi connectivity index (χ2n) is 8.68. The number of hydrogen-bond acceptors (Lipinski definition) is 3. The number of fused-ring (bicyclic) bond motifs is 1. The van der Waals surface area contributed by atoms with Crippen molar-refractivity contribution in [1.82, 2.24) is 14.9 Å². The molecule has 3 aromatic rings. The van der Waals surface area contributed by atoms with E-state index in [2.05, 4.69) is 33.9 Å². The SMILES string of the molecule is CCc1cc(-c2ccc3nc(C)[nH]c3c2)ccc1OCCC#CC(=O)N1CCCCC1C(F)(F)F.[HH]. The van der Waals surface area contributed by atoms with Crippen LogP contribution in [0.4, 0.5) is 13.2 Å². The van der Waals surface area contributed by atoms with E-state index >= 15 is 0 Å². The van der Waals surface area contributed by atoms with E-state index in [4.69, 9.17) is 4.74 Å². The fourth-order valence-corrected chi connectivity index (χ4v) is 4.43. The van der Waals surface area contributed by atoms with Crippen molar-refractivity contribution in [3.63, 3.8) is 0 Å². The summed E-state index contributed by atoms with van der Waals surface area (Å²) in [4.78, 5) is 20.8. The maximum atomic E-state index is 13.2. The lowest BCUT2D eigenvalue weighted by Crippen LogP contribution is -2.51. The molecule has 1 atom stereocenters. The van der Waals surface area contributed by atoms with Gasteiger partial charge in [0.05, 0.1) is 17.6 Å². The minimum atomic E-state index is -4.42. The standard InChI is InChI=1S/C27H28F3N3O2.H2/c1-3-19-16-20(21-10-12-22-23(17-21)32-18(2)31-22)11-13-24(19)35-15-7-5-9-26(34)33-14-6-4-8-25(33)27(28,29)30;/h10-13,16-17,25H,3-4,6-8,14-15H2,1-2H3,(H,31,32);1H. The summed E-state index contributed by atoms with van der Waals surface area (Å²) in [6.07, 6.45) is -2.44. The van der Waals surface area contributed by atoms with E-state index in [0.717, 1.165) is 50.6 Å². The van der Waals surface area contributed by atoms with Crippen molar-refractivity contribution in [3.8, 4) is 28.7 Å². The van der Waals surface area contributed by atoms with Gasteiger partial charge >= 0.3 is 6.18 Å². The molecular formula is C27H30F3N3O2. The Morgan fingerprint density at radius 2 is 2.00 bits per heavy atom. The number of carbonyl (C=O) groups is 1. The van der Waals surface area contributed by atoms with Crippen LogP contribution in [0.5, 0.6) is 5.75 Å². The Hall–Kier alpha value is -3.47. The summed E-state index contributed by atoms with van der Waals surface area (Å²) in [5, 5.41) is 0. The number of nitrogens with one attached hydrogen (secondary N) is 1. The molecule has 0 aliphatic carbocycles. The summed E-state index contributed by atoms with van der Waals surface area (Å²) >= 11 is 0. The molecule has 1 amide bonds. The van der Waals surface area contributed by atoms with Crippen molar-refractivity contribution in [1.29, 1.82) is 0 Å². The summed E-state index contributed by atoms with van der Waals surface area (Å²) < 4.78 is 45.5. The highest BCUT2D eigenvalue weighted by Crippen LogP contribution is 2.32. The molecule has 0 saturated carbocycles. The van der Waals surface area contributed by atoms with Gasteiger partial charge in [-0.25, -0.2) is 4.98 Å². The first kappa shape index (κ1) is 24.6. The molecule has 8 heteroatoms. The number of hydrogen-bond donors (Lipinski definition) is 1. The lowest BCUT2D eigenvalue weighted by molar-refractivity contribution is -0.193. The van der Waals surface area contributed by atoms with Crippen molar-refractivity contribution in [2.24, 2.45) is 0 Å². The van der Waals surface area contributed by atoms with Gasteiger partial charge in [0.1, 0.15) is 17.6 Å². The van der Waals surface area contributed by atoms with Gasteiger partial charge in [-0.05, 0) is 79.5 Å². The summed E-state index contributed by atoms with van der Waals surface area (Å²) in [5.74, 6) is 5.88. The molecule has 1 saturated heterocycles. The number of nitrogens with zero attached hydrogens (tertiary/aromatic N) is 2. The zero-order valence-corrected chi connectivity index (χ0v) is 19.8. The van der Waals surface area contributed by atoms with Gasteiger partial charge in [0, 0.05) is 14.4 Å². The number of ether oxygens (including phenoxy) is 1.